The molecule has 5 nitrogen and oxygen atoms in total. The Morgan fingerprint density at radius 2 is 1.89 bits per heavy atom. The minimum Gasteiger partial charge on any atom is -0.490 e. The SMILES string of the molecule is Cc1ccc(C2=NOC(c3ccc(OC(C)C)c(C#N)c3)N2)c2ccccc12. The molecule has 1 atom stereocenters. The number of benzene rings is 3. The number of rotatable bonds is 4. The first-order valence-corrected chi connectivity index (χ1v) is 9.26. The molecule has 0 spiro atoms. The van der Waals surface area contributed by atoms with E-state index in [9.17, 15) is 5.26 Å². The number of nitrogens with zero attached hydrogens (tertiary/aromatic N) is 2. The maximum Gasteiger partial charge on any atom is 0.224 e. The lowest BCUT2D eigenvalue weighted by atomic mass is 9.99. The van der Waals surface area contributed by atoms with Gasteiger partial charge in [-0.2, -0.15) is 5.26 Å². The molecule has 1 aliphatic heterocycles. The van der Waals surface area contributed by atoms with Gasteiger partial charge in [-0.1, -0.05) is 41.6 Å². The van der Waals surface area contributed by atoms with Gasteiger partial charge in [0.25, 0.3) is 0 Å². The van der Waals surface area contributed by atoms with Gasteiger partial charge in [0, 0.05) is 11.1 Å². The highest BCUT2D eigenvalue weighted by molar-refractivity contribution is 6.10. The lowest BCUT2D eigenvalue weighted by Crippen LogP contribution is -2.24. The Morgan fingerprint density at radius 3 is 2.64 bits per heavy atom. The first kappa shape index (κ1) is 17.9. The zero-order chi connectivity index (χ0) is 19.7. The minimum atomic E-state index is -0.449. The number of nitrogens with one attached hydrogen (secondary N) is 1. The molecule has 1 unspecified atom stereocenters. The second-order valence-electron chi connectivity index (χ2n) is 7.08. The van der Waals surface area contributed by atoms with Crippen molar-refractivity contribution in [1.29, 1.82) is 5.26 Å². The van der Waals surface area contributed by atoms with Gasteiger partial charge in [0.15, 0.2) is 5.84 Å². The number of hydrogen-bond acceptors (Lipinski definition) is 5. The fraction of sp³-hybridized carbons (Fsp3) is 0.217. The lowest BCUT2D eigenvalue weighted by Gasteiger charge is -2.15. The van der Waals surface area contributed by atoms with Crippen molar-refractivity contribution < 1.29 is 9.57 Å². The molecule has 0 amide bonds. The summed E-state index contributed by atoms with van der Waals surface area (Å²) in [6.45, 7) is 5.96. The zero-order valence-corrected chi connectivity index (χ0v) is 16.1. The third kappa shape index (κ3) is 3.25. The first-order valence-electron chi connectivity index (χ1n) is 9.26. The molecule has 3 aromatic carbocycles. The van der Waals surface area contributed by atoms with Gasteiger partial charge in [-0.25, -0.2) is 0 Å². The second-order valence-corrected chi connectivity index (χ2v) is 7.08. The van der Waals surface area contributed by atoms with Crippen LogP contribution in [0.5, 0.6) is 5.75 Å². The maximum atomic E-state index is 9.45. The second kappa shape index (κ2) is 7.24. The fourth-order valence-electron chi connectivity index (χ4n) is 3.36. The van der Waals surface area contributed by atoms with Crippen molar-refractivity contribution in [3.05, 3.63) is 76.9 Å². The molecule has 1 aliphatic rings. The Morgan fingerprint density at radius 1 is 1.11 bits per heavy atom. The smallest absolute Gasteiger partial charge is 0.224 e. The van der Waals surface area contributed by atoms with E-state index in [4.69, 9.17) is 9.57 Å². The van der Waals surface area contributed by atoms with Gasteiger partial charge in [-0.15, -0.1) is 0 Å². The fourth-order valence-corrected chi connectivity index (χ4v) is 3.36. The van der Waals surface area contributed by atoms with Gasteiger partial charge >= 0.3 is 0 Å². The van der Waals surface area contributed by atoms with E-state index < -0.39 is 6.23 Å². The van der Waals surface area contributed by atoms with E-state index in [1.54, 1.807) is 12.1 Å². The Kier molecular flexibility index (Phi) is 4.62. The average molecular weight is 371 g/mol. The van der Waals surface area contributed by atoms with Crippen LogP contribution in [0, 0.1) is 18.3 Å². The summed E-state index contributed by atoms with van der Waals surface area (Å²) in [6.07, 6.45) is -0.446. The predicted molar refractivity (Wildman–Crippen MR) is 109 cm³/mol. The molecule has 1 N–H and O–H groups in total. The molecule has 1 heterocycles. The van der Waals surface area contributed by atoms with Crippen molar-refractivity contribution in [3.8, 4) is 11.8 Å². The van der Waals surface area contributed by atoms with Crippen LogP contribution in [-0.4, -0.2) is 11.9 Å². The van der Waals surface area contributed by atoms with Crippen molar-refractivity contribution in [2.45, 2.75) is 33.1 Å². The summed E-state index contributed by atoms with van der Waals surface area (Å²) in [6, 6.07) is 20.0. The van der Waals surface area contributed by atoms with Crippen LogP contribution >= 0.6 is 0 Å². The largest absolute Gasteiger partial charge is 0.490 e. The molecule has 0 radical (unpaired) electrons. The highest BCUT2D eigenvalue weighted by atomic mass is 16.7. The summed E-state index contributed by atoms with van der Waals surface area (Å²) < 4.78 is 5.69. The van der Waals surface area contributed by atoms with Crippen LogP contribution in [0.2, 0.25) is 0 Å². The molecule has 140 valence electrons. The molecule has 5 heteroatoms. The monoisotopic (exact) mass is 371 g/mol. The van der Waals surface area contributed by atoms with Gasteiger partial charge < -0.3 is 14.9 Å². The molecule has 28 heavy (non-hydrogen) atoms. The van der Waals surface area contributed by atoms with Gasteiger partial charge in [-0.05, 0) is 55.3 Å². The van der Waals surface area contributed by atoms with Crippen LogP contribution in [-0.2, 0) is 4.84 Å². The van der Waals surface area contributed by atoms with E-state index in [0.717, 1.165) is 16.5 Å². The van der Waals surface area contributed by atoms with Crippen LogP contribution in [0.15, 0.2) is 59.8 Å². The summed E-state index contributed by atoms with van der Waals surface area (Å²) in [5.74, 6) is 1.26. The summed E-state index contributed by atoms with van der Waals surface area (Å²) in [5.41, 5.74) is 3.51. The van der Waals surface area contributed by atoms with E-state index in [2.05, 4.69) is 47.7 Å². The predicted octanol–water partition coefficient (Wildman–Crippen LogP) is 4.79. The van der Waals surface area contributed by atoms with Gasteiger partial charge in [-0.3, -0.25) is 0 Å². The number of oxime groups is 1. The Bertz CT molecular complexity index is 1110. The summed E-state index contributed by atoms with van der Waals surface area (Å²) >= 11 is 0. The van der Waals surface area contributed by atoms with Gasteiger partial charge in [0.05, 0.1) is 11.7 Å². The number of hydrogen-bond donors (Lipinski definition) is 1. The zero-order valence-electron chi connectivity index (χ0n) is 16.1. The van der Waals surface area contributed by atoms with E-state index in [1.807, 2.05) is 32.0 Å². The van der Waals surface area contributed by atoms with Gasteiger partial charge in [0.2, 0.25) is 6.23 Å². The molecule has 0 aliphatic carbocycles. The van der Waals surface area contributed by atoms with Crippen molar-refractivity contribution in [2.75, 3.05) is 0 Å². The van der Waals surface area contributed by atoms with Gasteiger partial charge in [0.1, 0.15) is 11.8 Å². The van der Waals surface area contributed by atoms with Crippen LogP contribution in [0.3, 0.4) is 0 Å². The van der Waals surface area contributed by atoms with E-state index in [-0.39, 0.29) is 6.10 Å². The third-order valence-electron chi connectivity index (χ3n) is 4.70. The van der Waals surface area contributed by atoms with Crippen molar-refractivity contribution in [2.24, 2.45) is 5.16 Å². The first-order chi connectivity index (χ1) is 13.6. The van der Waals surface area contributed by atoms with Crippen molar-refractivity contribution in [3.63, 3.8) is 0 Å². The summed E-state index contributed by atoms with van der Waals surface area (Å²) in [5, 5.41) is 19.3. The Balaban J connectivity index is 1.62. The summed E-state index contributed by atoms with van der Waals surface area (Å²) in [4.78, 5) is 5.63. The van der Waals surface area contributed by atoms with E-state index in [1.165, 1.54) is 10.9 Å². The standard InChI is InChI=1S/C23H21N3O2/c1-14(2)27-21-11-9-16(12-17(21)13-24)23-25-22(26-28-23)20-10-8-15(3)18-6-4-5-7-19(18)20/h4-12,14,23H,1-3H3,(H,25,26). The number of ether oxygens (including phenoxy) is 1. The van der Waals surface area contributed by atoms with Crippen LogP contribution in [0.1, 0.15) is 42.3 Å². The van der Waals surface area contributed by atoms with Crippen molar-refractivity contribution >= 4 is 16.6 Å². The Hall–Kier alpha value is -3.52. The topological polar surface area (TPSA) is 66.6 Å². The number of fused-ring (bicyclic) bond motifs is 1. The number of amidine groups is 1. The summed E-state index contributed by atoms with van der Waals surface area (Å²) in [7, 11) is 0. The number of aryl methyl sites for hydroxylation is 1. The quantitative estimate of drug-likeness (QED) is 0.716. The lowest BCUT2D eigenvalue weighted by molar-refractivity contribution is 0.0728. The minimum absolute atomic E-state index is 0.00330. The van der Waals surface area contributed by atoms with Crippen LogP contribution < -0.4 is 10.1 Å². The molecular weight excluding hydrogens is 350 g/mol. The highest BCUT2D eigenvalue weighted by Gasteiger charge is 2.24. The normalized spacial score (nSPS) is 15.7. The van der Waals surface area contributed by atoms with E-state index >= 15 is 0 Å². The van der Waals surface area contributed by atoms with E-state index in [0.29, 0.717) is 17.1 Å². The molecule has 0 saturated carbocycles. The molecule has 0 bridgehead atoms. The maximum absolute atomic E-state index is 9.45. The molecule has 0 saturated heterocycles. The highest BCUT2D eigenvalue weighted by Crippen LogP contribution is 2.29. The molecular formula is C23H21N3O2. The van der Waals surface area contributed by atoms with Crippen LogP contribution in [0.25, 0.3) is 10.8 Å². The van der Waals surface area contributed by atoms with Crippen molar-refractivity contribution in [1.82, 2.24) is 5.32 Å². The molecule has 4 rings (SSSR count). The Labute approximate surface area is 164 Å². The third-order valence-corrected chi connectivity index (χ3v) is 4.70. The molecule has 0 aromatic heterocycles. The molecule has 0 fully saturated rings. The average Bonchev–Trinajstić information content (AvgIpc) is 3.18. The van der Waals surface area contributed by atoms with Crippen LogP contribution in [0.4, 0.5) is 0 Å². The molecule has 3 aromatic rings. The number of nitriles is 1.